The molecular formula is C8H10F4O. The second-order valence-electron chi connectivity index (χ2n) is 3.56. The van der Waals surface area contributed by atoms with Crippen molar-refractivity contribution in [3.8, 4) is 0 Å². The van der Waals surface area contributed by atoms with Gasteiger partial charge in [0.25, 0.3) is 0 Å². The Bertz CT molecular complexity index is 194. The van der Waals surface area contributed by atoms with Gasteiger partial charge in [-0.2, -0.15) is 0 Å². The van der Waals surface area contributed by atoms with Crippen LogP contribution in [0.15, 0.2) is 0 Å². The zero-order valence-electron chi connectivity index (χ0n) is 7.01. The molecule has 0 radical (unpaired) electrons. The van der Waals surface area contributed by atoms with E-state index in [1.54, 1.807) is 0 Å². The molecule has 1 rings (SSSR count). The maximum Gasteiger partial charge on any atom is 0.146 e. The summed E-state index contributed by atoms with van der Waals surface area (Å²) in [6.45, 7) is 0.896. The molecule has 76 valence electrons. The number of rotatable bonds is 1. The highest BCUT2D eigenvalue weighted by Gasteiger charge is 2.55. The van der Waals surface area contributed by atoms with Crippen LogP contribution in [0.2, 0.25) is 0 Å². The molecule has 1 nitrogen and oxygen atoms in total. The normalized spacial score (nSPS) is 51.8. The highest BCUT2D eigenvalue weighted by Crippen LogP contribution is 2.41. The lowest BCUT2D eigenvalue weighted by Gasteiger charge is -2.38. The van der Waals surface area contributed by atoms with Crippen molar-refractivity contribution in [3.63, 3.8) is 0 Å². The Morgan fingerprint density at radius 3 is 1.85 bits per heavy atom. The van der Waals surface area contributed by atoms with Crippen molar-refractivity contribution in [2.45, 2.75) is 38.0 Å². The van der Waals surface area contributed by atoms with Crippen LogP contribution in [0.25, 0.3) is 0 Å². The Balaban J connectivity index is 2.94. The van der Waals surface area contributed by atoms with Gasteiger partial charge in [-0.25, -0.2) is 17.6 Å². The predicted molar refractivity (Wildman–Crippen MR) is 38.4 cm³/mol. The molecule has 0 aromatic heterocycles. The molecule has 0 spiro atoms. The molecule has 0 saturated heterocycles. The first kappa shape index (κ1) is 10.5. The van der Waals surface area contributed by atoms with Crippen molar-refractivity contribution < 1.29 is 22.4 Å². The number of carbonyl (C=O) groups excluding carboxylic acids is 1. The Morgan fingerprint density at radius 1 is 1.15 bits per heavy atom. The molecule has 0 N–H and O–H groups in total. The van der Waals surface area contributed by atoms with Gasteiger partial charge in [0.05, 0.1) is 5.41 Å². The van der Waals surface area contributed by atoms with Crippen LogP contribution in [0.1, 0.15) is 13.3 Å². The van der Waals surface area contributed by atoms with E-state index in [0.29, 0.717) is 0 Å². The smallest absolute Gasteiger partial charge is 0.146 e. The molecule has 0 aliphatic heterocycles. The van der Waals surface area contributed by atoms with Gasteiger partial charge in [0.2, 0.25) is 0 Å². The van der Waals surface area contributed by atoms with Crippen molar-refractivity contribution in [3.05, 3.63) is 0 Å². The first-order valence-electron chi connectivity index (χ1n) is 3.96. The maximum atomic E-state index is 13.0. The van der Waals surface area contributed by atoms with E-state index in [1.807, 2.05) is 0 Å². The molecule has 1 aliphatic carbocycles. The van der Waals surface area contributed by atoms with E-state index in [-0.39, 0.29) is 6.29 Å². The molecule has 1 unspecified atom stereocenters. The highest BCUT2D eigenvalue weighted by molar-refractivity contribution is 5.62. The summed E-state index contributed by atoms with van der Waals surface area (Å²) in [5.74, 6) is 0. The lowest BCUT2D eigenvalue weighted by Crippen LogP contribution is -2.54. The quantitative estimate of drug-likeness (QED) is 0.465. The Kier molecular flexibility index (Phi) is 2.63. The van der Waals surface area contributed by atoms with Gasteiger partial charge in [-0.05, 0) is 6.92 Å². The molecule has 0 aromatic rings. The van der Waals surface area contributed by atoms with Gasteiger partial charge in [-0.15, -0.1) is 0 Å². The second kappa shape index (κ2) is 3.27. The number of carbonyl (C=O) groups is 1. The van der Waals surface area contributed by atoms with Crippen molar-refractivity contribution in [2.24, 2.45) is 5.41 Å². The Morgan fingerprint density at radius 2 is 1.54 bits per heavy atom. The number of hydrogen-bond acceptors (Lipinski definition) is 1. The van der Waals surface area contributed by atoms with Gasteiger partial charge in [-0.1, -0.05) is 0 Å². The number of aldehydes is 1. The zero-order chi connectivity index (χ0) is 10.2. The summed E-state index contributed by atoms with van der Waals surface area (Å²) in [6, 6.07) is 0. The molecule has 0 bridgehead atoms. The molecule has 0 aromatic carbocycles. The van der Waals surface area contributed by atoms with E-state index in [2.05, 4.69) is 0 Å². The van der Waals surface area contributed by atoms with Crippen LogP contribution in [-0.4, -0.2) is 31.0 Å². The summed E-state index contributed by atoms with van der Waals surface area (Å²) in [5.41, 5.74) is -2.18. The van der Waals surface area contributed by atoms with Crippen LogP contribution in [0, 0.1) is 5.41 Å². The lowest BCUT2D eigenvalue weighted by atomic mass is 9.72. The van der Waals surface area contributed by atoms with Gasteiger partial charge < -0.3 is 4.79 Å². The Labute approximate surface area is 73.1 Å². The number of hydrogen-bond donors (Lipinski definition) is 0. The van der Waals surface area contributed by atoms with E-state index in [0.717, 1.165) is 6.92 Å². The third kappa shape index (κ3) is 1.44. The van der Waals surface area contributed by atoms with Crippen molar-refractivity contribution in [1.82, 2.24) is 0 Å². The zero-order valence-corrected chi connectivity index (χ0v) is 7.01. The van der Waals surface area contributed by atoms with Crippen LogP contribution >= 0.6 is 0 Å². The van der Waals surface area contributed by atoms with Gasteiger partial charge in [0.1, 0.15) is 31.0 Å². The molecule has 0 amide bonds. The lowest BCUT2D eigenvalue weighted by molar-refractivity contribution is -0.138. The molecule has 13 heavy (non-hydrogen) atoms. The third-order valence-electron chi connectivity index (χ3n) is 2.53. The van der Waals surface area contributed by atoms with Crippen molar-refractivity contribution in [1.29, 1.82) is 0 Å². The average molecular weight is 198 g/mol. The molecule has 5 heteroatoms. The monoisotopic (exact) mass is 198 g/mol. The Hall–Kier alpha value is -0.610. The number of alkyl halides is 4. The number of halogens is 4. The van der Waals surface area contributed by atoms with Crippen LogP contribution in [0.5, 0.6) is 0 Å². The molecule has 0 heterocycles. The minimum Gasteiger partial charge on any atom is -0.303 e. The van der Waals surface area contributed by atoms with E-state index < -0.39 is 36.5 Å². The fourth-order valence-electron chi connectivity index (χ4n) is 1.52. The predicted octanol–water partition coefficient (Wildman–Crippen LogP) is 1.95. The molecule has 5 atom stereocenters. The average Bonchev–Trinajstić information content (AvgIpc) is 2.12. The van der Waals surface area contributed by atoms with E-state index in [9.17, 15) is 22.4 Å². The molecular weight excluding hydrogens is 188 g/mol. The van der Waals surface area contributed by atoms with Crippen molar-refractivity contribution in [2.75, 3.05) is 0 Å². The first-order valence-corrected chi connectivity index (χ1v) is 3.96. The minimum absolute atomic E-state index is 0.0410. The van der Waals surface area contributed by atoms with Gasteiger partial charge >= 0.3 is 0 Å². The summed E-state index contributed by atoms with van der Waals surface area (Å²) in [7, 11) is 0. The second-order valence-corrected chi connectivity index (χ2v) is 3.56. The molecule has 1 saturated carbocycles. The fraction of sp³-hybridized carbons (Fsp3) is 0.875. The summed E-state index contributed by atoms with van der Waals surface area (Å²) < 4.78 is 51.6. The van der Waals surface area contributed by atoms with Gasteiger partial charge in [-0.3, -0.25) is 0 Å². The van der Waals surface area contributed by atoms with Crippen LogP contribution in [-0.2, 0) is 4.79 Å². The summed E-state index contributed by atoms with van der Waals surface area (Å²) in [5, 5.41) is 0. The largest absolute Gasteiger partial charge is 0.303 e. The molecule has 1 fully saturated rings. The van der Waals surface area contributed by atoms with E-state index >= 15 is 0 Å². The maximum absolute atomic E-state index is 13.0. The van der Waals surface area contributed by atoms with E-state index in [4.69, 9.17) is 0 Å². The van der Waals surface area contributed by atoms with Gasteiger partial charge in [0.15, 0.2) is 0 Å². The van der Waals surface area contributed by atoms with E-state index in [1.165, 1.54) is 0 Å². The summed E-state index contributed by atoms with van der Waals surface area (Å²) in [6.07, 6.45) is -9.57. The molecule has 1 aliphatic rings. The topological polar surface area (TPSA) is 17.1 Å². The SMILES string of the molecule is CC1(C=O)[C@H](F)[C@H](F)C[C@H](F)[C@@H]1F. The van der Waals surface area contributed by atoms with Crippen LogP contribution < -0.4 is 0 Å². The first-order chi connectivity index (χ1) is 5.93. The van der Waals surface area contributed by atoms with Crippen molar-refractivity contribution >= 4 is 6.29 Å². The standard InChI is InChI=1S/C8H10F4O/c1-8(3-13)6(11)4(9)2-5(10)7(8)12/h3-7H,2H2,1H3/t4-,5+,6-,7+,8?. The summed E-state index contributed by atoms with van der Waals surface area (Å²) >= 11 is 0. The fourth-order valence-corrected chi connectivity index (χ4v) is 1.52. The third-order valence-corrected chi connectivity index (χ3v) is 2.53. The minimum atomic E-state index is -2.26. The van der Waals surface area contributed by atoms with Crippen LogP contribution in [0.4, 0.5) is 17.6 Å². The summed E-state index contributed by atoms with van der Waals surface area (Å²) in [4.78, 5) is 10.4. The highest BCUT2D eigenvalue weighted by atomic mass is 19.2. The van der Waals surface area contributed by atoms with Gasteiger partial charge in [0, 0.05) is 6.42 Å². The van der Waals surface area contributed by atoms with Crippen LogP contribution in [0.3, 0.4) is 0 Å².